The molecule has 0 aliphatic heterocycles. The highest BCUT2D eigenvalue weighted by atomic mass is 35.5. The monoisotopic (exact) mass is 621 g/mol. The van der Waals surface area contributed by atoms with Crippen molar-refractivity contribution in [3.05, 3.63) is 108 Å². The number of para-hydroxylation sites is 1. The Morgan fingerprint density at radius 1 is 0.953 bits per heavy atom. The molecule has 3 aromatic carbocycles. The number of nitro benzene ring substituents is 2. The van der Waals surface area contributed by atoms with E-state index in [1.54, 1.807) is 50.2 Å². The van der Waals surface area contributed by atoms with Crippen molar-refractivity contribution in [2.75, 3.05) is 16.1 Å². The number of ketones is 1. The number of anilines is 4. The molecule has 1 heterocycles. The Kier molecular flexibility index (Phi) is 9.42. The van der Waals surface area contributed by atoms with Gasteiger partial charge in [-0.05, 0) is 50.6 Å². The van der Waals surface area contributed by atoms with Gasteiger partial charge in [0.25, 0.3) is 11.6 Å². The van der Waals surface area contributed by atoms with Gasteiger partial charge in [0.1, 0.15) is 11.4 Å². The summed E-state index contributed by atoms with van der Waals surface area (Å²) in [6.45, 7) is 5.35. The first-order valence-electron chi connectivity index (χ1n) is 12.6. The molecule has 0 bridgehead atoms. The van der Waals surface area contributed by atoms with E-state index in [2.05, 4.69) is 26.1 Å². The Hall–Kier alpha value is -5.21. The summed E-state index contributed by atoms with van der Waals surface area (Å²) in [5.41, 5.74) is 4.06. The summed E-state index contributed by atoms with van der Waals surface area (Å²) >= 11 is 7.29. The van der Waals surface area contributed by atoms with Crippen molar-refractivity contribution >= 4 is 73.9 Å². The van der Waals surface area contributed by atoms with Gasteiger partial charge in [-0.1, -0.05) is 52.8 Å². The van der Waals surface area contributed by atoms with Crippen LogP contribution in [0.25, 0.3) is 0 Å². The zero-order valence-corrected chi connectivity index (χ0v) is 24.6. The van der Waals surface area contributed by atoms with Gasteiger partial charge < -0.3 is 10.6 Å². The molecule has 0 fully saturated rings. The molecule has 0 saturated heterocycles. The van der Waals surface area contributed by atoms with Gasteiger partial charge in [-0.2, -0.15) is 5.10 Å². The smallest absolute Gasteiger partial charge is 0.301 e. The van der Waals surface area contributed by atoms with E-state index in [0.717, 1.165) is 40.7 Å². The van der Waals surface area contributed by atoms with Crippen LogP contribution in [0.3, 0.4) is 0 Å². The van der Waals surface area contributed by atoms with Crippen molar-refractivity contribution in [2.24, 2.45) is 5.10 Å². The van der Waals surface area contributed by atoms with Crippen LogP contribution in [0.15, 0.2) is 65.8 Å². The number of amides is 1. The molecule has 15 heteroatoms. The third-order valence-corrected chi connectivity index (χ3v) is 7.53. The molecule has 1 aromatic heterocycles. The molecule has 220 valence electrons. The van der Waals surface area contributed by atoms with Crippen LogP contribution in [0.4, 0.5) is 33.6 Å². The Bertz CT molecular complexity index is 1790. The molecule has 0 spiro atoms. The van der Waals surface area contributed by atoms with Crippen LogP contribution < -0.4 is 16.1 Å². The SMILES string of the molecule is Cc1ccc(NC(=O)/C(CC(=O)c2sc(Nc3ccccc3Cl)nc2C)=N/Nc2ccc([N+](=O)[O-])cc2[N+](=O)[O-])c(C)c1. The van der Waals surface area contributed by atoms with Crippen molar-refractivity contribution in [1.82, 2.24) is 4.98 Å². The maximum Gasteiger partial charge on any atom is 0.301 e. The molecule has 1 amide bonds. The number of hydrogen-bond acceptors (Lipinski definition) is 11. The number of nitrogens with zero attached hydrogens (tertiary/aromatic N) is 4. The second kappa shape index (κ2) is 13.2. The van der Waals surface area contributed by atoms with Crippen molar-refractivity contribution in [3.8, 4) is 0 Å². The number of aromatic nitrogens is 1. The Balaban J connectivity index is 1.64. The topological polar surface area (TPSA) is 182 Å². The minimum absolute atomic E-state index is 0.208. The number of nitrogens with one attached hydrogen (secondary N) is 3. The summed E-state index contributed by atoms with van der Waals surface area (Å²) < 4.78 is 0. The highest BCUT2D eigenvalue weighted by molar-refractivity contribution is 7.17. The molecule has 0 radical (unpaired) electrons. The number of Topliss-reactive ketones (excluding diaryl/α,β-unsaturated/α-hetero) is 1. The lowest BCUT2D eigenvalue weighted by Gasteiger charge is -2.11. The number of hydrazone groups is 1. The van der Waals surface area contributed by atoms with Crippen LogP contribution in [-0.2, 0) is 4.79 Å². The average Bonchev–Trinajstić information content (AvgIpc) is 3.33. The van der Waals surface area contributed by atoms with Gasteiger partial charge in [-0.15, -0.1) is 0 Å². The highest BCUT2D eigenvalue weighted by Gasteiger charge is 2.24. The molecule has 43 heavy (non-hydrogen) atoms. The molecule has 0 saturated carbocycles. The van der Waals surface area contributed by atoms with Crippen molar-refractivity contribution in [2.45, 2.75) is 27.2 Å². The van der Waals surface area contributed by atoms with E-state index in [4.69, 9.17) is 11.6 Å². The fraction of sp³-hybridized carbons (Fsp3) is 0.143. The van der Waals surface area contributed by atoms with Crippen molar-refractivity contribution < 1.29 is 19.4 Å². The summed E-state index contributed by atoms with van der Waals surface area (Å²) in [7, 11) is 0. The first-order chi connectivity index (χ1) is 20.4. The minimum Gasteiger partial charge on any atom is -0.330 e. The lowest BCUT2D eigenvalue weighted by Crippen LogP contribution is -2.27. The zero-order chi connectivity index (χ0) is 31.3. The van der Waals surface area contributed by atoms with E-state index in [1.807, 2.05) is 13.0 Å². The summed E-state index contributed by atoms with van der Waals surface area (Å²) in [6, 6.07) is 15.3. The van der Waals surface area contributed by atoms with Crippen LogP contribution in [-0.4, -0.2) is 32.2 Å². The molecule has 0 unspecified atom stereocenters. The van der Waals surface area contributed by atoms with Crippen molar-refractivity contribution in [1.29, 1.82) is 0 Å². The number of non-ortho nitro benzene ring substituents is 1. The number of halogens is 1. The van der Waals surface area contributed by atoms with Crippen molar-refractivity contribution in [3.63, 3.8) is 0 Å². The van der Waals surface area contributed by atoms with Gasteiger partial charge in [0.05, 0.1) is 43.6 Å². The molecular weight excluding hydrogens is 598 g/mol. The lowest BCUT2D eigenvalue weighted by molar-refractivity contribution is -0.393. The number of aryl methyl sites for hydroxylation is 3. The Morgan fingerprint density at radius 3 is 2.35 bits per heavy atom. The molecule has 4 aromatic rings. The standard InChI is InChI=1S/C28H24ClN7O6S/c1-15-8-10-20(16(2)12-15)31-27(38)23(34-33-22-11-9-18(35(39)40)13-24(22)36(41)42)14-25(37)26-17(3)30-28(43-26)32-21-7-5-4-6-19(21)29/h4-13,33H,14H2,1-3H3,(H,30,32)(H,31,38)/b34-23+. The van der Waals surface area contributed by atoms with Crippen LogP contribution >= 0.6 is 22.9 Å². The largest absolute Gasteiger partial charge is 0.330 e. The number of nitro groups is 2. The Morgan fingerprint density at radius 2 is 1.67 bits per heavy atom. The molecule has 13 nitrogen and oxygen atoms in total. The lowest BCUT2D eigenvalue weighted by atomic mass is 10.1. The highest BCUT2D eigenvalue weighted by Crippen LogP contribution is 2.31. The number of hydrogen-bond donors (Lipinski definition) is 3. The fourth-order valence-electron chi connectivity index (χ4n) is 3.94. The normalized spacial score (nSPS) is 11.1. The summed E-state index contributed by atoms with van der Waals surface area (Å²) in [5, 5.41) is 33.4. The van der Waals surface area contributed by atoms with Crippen LogP contribution in [0, 0.1) is 41.0 Å². The van der Waals surface area contributed by atoms with Gasteiger partial charge in [0.2, 0.25) is 0 Å². The second-order valence-corrected chi connectivity index (χ2v) is 10.7. The molecule has 3 N–H and O–H groups in total. The average molecular weight is 622 g/mol. The molecule has 4 rings (SSSR count). The third kappa shape index (κ3) is 7.55. The van der Waals surface area contributed by atoms with E-state index in [9.17, 15) is 29.8 Å². The van der Waals surface area contributed by atoms with E-state index < -0.39 is 39.3 Å². The van der Waals surface area contributed by atoms with Gasteiger partial charge in [0.15, 0.2) is 10.9 Å². The number of rotatable bonds is 11. The summed E-state index contributed by atoms with van der Waals surface area (Å²) in [6.07, 6.45) is -0.487. The Labute approximate surface area is 253 Å². The molecule has 0 atom stereocenters. The number of carbonyl (C=O) groups excluding carboxylic acids is 2. The van der Waals surface area contributed by atoms with Crippen LogP contribution in [0.5, 0.6) is 0 Å². The van der Waals surface area contributed by atoms with E-state index in [1.165, 1.54) is 0 Å². The second-order valence-electron chi connectivity index (χ2n) is 9.30. The number of thiazole rings is 1. The maximum atomic E-state index is 13.4. The van der Waals surface area contributed by atoms with Gasteiger partial charge in [-0.25, -0.2) is 4.98 Å². The predicted molar refractivity (Wildman–Crippen MR) is 166 cm³/mol. The molecule has 0 aliphatic rings. The van der Waals surface area contributed by atoms with Crippen LogP contribution in [0.2, 0.25) is 5.02 Å². The molecule has 0 aliphatic carbocycles. The first-order valence-corrected chi connectivity index (χ1v) is 13.8. The molecular formula is C28H24ClN7O6S. The zero-order valence-electron chi connectivity index (χ0n) is 23.0. The quantitative estimate of drug-likeness (QED) is 0.0689. The number of carbonyl (C=O) groups is 2. The van der Waals surface area contributed by atoms with Crippen LogP contribution in [0.1, 0.15) is 32.9 Å². The number of benzene rings is 3. The van der Waals surface area contributed by atoms with Gasteiger partial charge in [0, 0.05) is 11.8 Å². The van der Waals surface area contributed by atoms with E-state index in [-0.39, 0.29) is 16.3 Å². The van der Waals surface area contributed by atoms with Gasteiger partial charge >= 0.3 is 5.69 Å². The van der Waals surface area contributed by atoms with E-state index in [0.29, 0.717) is 27.2 Å². The predicted octanol–water partition coefficient (Wildman–Crippen LogP) is 6.96. The summed E-state index contributed by atoms with van der Waals surface area (Å²) in [5.74, 6) is -1.20. The minimum atomic E-state index is -0.820. The van der Waals surface area contributed by atoms with E-state index >= 15 is 0 Å². The maximum absolute atomic E-state index is 13.4. The third-order valence-electron chi connectivity index (χ3n) is 6.09. The first kappa shape index (κ1) is 30.7. The summed E-state index contributed by atoms with van der Waals surface area (Å²) in [4.78, 5) is 52.5. The fourth-order valence-corrected chi connectivity index (χ4v) is 5.04. The van der Waals surface area contributed by atoms with Gasteiger partial charge in [-0.3, -0.25) is 35.2 Å².